The van der Waals surface area contributed by atoms with Crippen molar-refractivity contribution >= 4 is 28.6 Å². The first-order valence-corrected chi connectivity index (χ1v) is 9.06. The first kappa shape index (κ1) is 16.7. The van der Waals surface area contributed by atoms with Gasteiger partial charge in [-0.15, -0.1) is 0 Å². The molecule has 1 aromatic heterocycles. The highest BCUT2D eigenvalue weighted by Gasteiger charge is 2.19. The monoisotopic (exact) mass is 338 g/mol. The molecular weight excluding hydrogens is 316 g/mol. The van der Waals surface area contributed by atoms with Gasteiger partial charge in [-0.05, 0) is 38.5 Å². The Kier molecular flexibility index (Phi) is 4.95. The Hall–Kier alpha value is -2.20. The Morgan fingerprint density at radius 3 is 2.58 bits per heavy atom. The van der Waals surface area contributed by atoms with Crippen LogP contribution in [-0.2, 0) is 0 Å². The molecular formula is C20H22N2OS. The summed E-state index contributed by atoms with van der Waals surface area (Å²) in [5, 5.41) is 4.14. The summed E-state index contributed by atoms with van der Waals surface area (Å²) in [5.41, 5.74) is 2.86. The summed E-state index contributed by atoms with van der Waals surface area (Å²) in [7, 11) is 0. The van der Waals surface area contributed by atoms with E-state index in [4.69, 9.17) is 0 Å². The molecule has 0 bridgehead atoms. The number of carbonyl (C=O) groups excluding carboxylic acids is 1. The number of aromatic amines is 1. The Labute approximate surface area is 146 Å². The summed E-state index contributed by atoms with van der Waals surface area (Å²) >= 11 is 1.63. The predicted octanol–water partition coefficient (Wildman–Crippen LogP) is 5.16. The van der Waals surface area contributed by atoms with E-state index in [0.29, 0.717) is 5.69 Å². The van der Waals surface area contributed by atoms with Gasteiger partial charge in [0.15, 0.2) is 0 Å². The molecule has 0 spiro atoms. The number of para-hydroxylation sites is 1. The third-order valence-corrected chi connectivity index (χ3v) is 5.25. The van der Waals surface area contributed by atoms with Gasteiger partial charge >= 0.3 is 0 Å². The van der Waals surface area contributed by atoms with Crippen LogP contribution in [0.2, 0.25) is 0 Å². The van der Waals surface area contributed by atoms with Crippen molar-refractivity contribution < 1.29 is 4.79 Å². The molecule has 0 aliphatic heterocycles. The summed E-state index contributed by atoms with van der Waals surface area (Å²) in [5.74, 6) is -0.0461. The van der Waals surface area contributed by atoms with Crippen LogP contribution in [-0.4, -0.2) is 16.9 Å². The van der Waals surface area contributed by atoms with Gasteiger partial charge in [0.2, 0.25) is 0 Å². The van der Waals surface area contributed by atoms with Crippen molar-refractivity contribution in [2.45, 2.75) is 43.0 Å². The van der Waals surface area contributed by atoms with Gasteiger partial charge in [0.25, 0.3) is 5.91 Å². The van der Waals surface area contributed by atoms with Crippen LogP contribution in [0.5, 0.6) is 0 Å². The topological polar surface area (TPSA) is 44.9 Å². The molecule has 1 atom stereocenters. The van der Waals surface area contributed by atoms with Gasteiger partial charge in [-0.1, -0.05) is 54.6 Å². The van der Waals surface area contributed by atoms with E-state index < -0.39 is 0 Å². The summed E-state index contributed by atoms with van der Waals surface area (Å²) in [6.07, 6.45) is 0.909. The number of amides is 1. The van der Waals surface area contributed by atoms with Gasteiger partial charge in [-0.2, -0.15) is 0 Å². The Morgan fingerprint density at radius 1 is 1.17 bits per heavy atom. The summed E-state index contributed by atoms with van der Waals surface area (Å²) in [6, 6.07) is 16.6. The van der Waals surface area contributed by atoms with Crippen LogP contribution < -0.4 is 5.32 Å². The minimum Gasteiger partial charge on any atom is -0.350 e. The predicted molar refractivity (Wildman–Crippen MR) is 101 cm³/mol. The van der Waals surface area contributed by atoms with E-state index >= 15 is 0 Å². The van der Waals surface area contributed by atoms with Crippen molar-refractivity contribution in [3.63, 3.8) is 0 Å². The second-order valence-corrected chi connectivity index (χ2v) is 7.16. The molecule has 3 aromatic rings. The van der Waals surface area contributed by atoms with Crippen molar-refractivity contribution in [3.05, 3.63) is 59.8 Å². The molecule has 3 rings (SSSR count). The van der Waals surface area contributed by atoms with E-state index in [0.717, 1.165) is 27.1 Å². The van der Waals surface area contributed by atoms with E-state index in [1.807, 2.05) is 25.1 Å². The van der Waals surface area contributed by atoms with Crippen molar-refractivity contribution in [1.29, 1.82) is 0 Å². The lowest BCUT2D eigenvalue weighted by Gasteiger charge is -2.11. The molecule has 2 aromatic carbocycles. The number of rotatable bonds is 5. The maximum absolute atomic E-state index is 12.7. The highest BCUT2D eigenvalue weighted by molar-refractivity contribution is 7.99. The van der Waals surface area contributed by atoms with E-state index in [2.05, 4.69) is 54.5 Å². The van der Waals surface area contributed by atoms with Crippen LogP contribution in [0, 0.1) is 6.92 Å². The molecule has 0 radical (unpaired) electrons. The molecule has 0 saturated heterocycles. The van der Waals surface area contributed by atoms with E-state index in [9.17, 15) is 4.79 Å². The van der Waals surface area contributed by atoms with Crippen LogP contribution in [0.1, 0.15) is 36.3 Å². The SMILES string of the molecule is CC[C@H](C)NC(=O)c1[nH]c2ccccc2c1Sc1ccc(C)cc1. The second kappa shape index (κ2) is 7.14. The van der Waals surface area contributed by atoms with E-state index in [-0.39, 0.29) is 11.9 Å². The van der Waals surface area contributed by atoms with Gasteiger partial charge in [0.05, 0.1) is 4.90 Å². The number of carbonyl (C=O) groups is 1. The minimum absolute atomic E-state index is 0.0461. The summed E-state index contributed by atoms with van der Waals surface area (Å²) in [6.45, 7) is 6.16. The number of benzene rings is 2. The van der Waals surface area contributed by atoms with Crippen LogP contribution >= 0.6 is 11.8 Å². The number of aromatic nitrogens is 1. The molecule has 3 nitrogen and oxygen atoms in total. The van der Waals surface area contributed by atoms with Crippen molar-refractivity contribution in [3.8, 4) is 0 Å². The zero-order chi connectivity index (χ0) is 17.1. The van der Waals surface area contributed by atoms with Gasteiger partial charge in [0.1, 0.15) is 5.69 Å². The molecule has 0 aliphatic rings. The van der Waals surface area contributed by atoms with Crippen molar-refractivity contribution in [1.82, 2.24) is 10.3 Å². The highest BCUT2D eigenvalue weighted by atomic mass is 32.2. The van der Waals surface area contributed by atoms with Gasteiger partial charge < -0.3 is 10.3 Å². The molecule has 1 amide bonds. The number of nitrogens with one attached hydrogen (secondary N) is 2. The summed E-state index contributed by atoms with van der Waals surface area (Å²) in [4.78, 5) is 18.1. The Balaban J connectivity index is 2.01. The second-order valence-electron chi connectivity index (χ2n) is 6.07. The van der Waals surface area contributed by atoms with Crippen molar-refractivity contribution in [2.24, 2.45) is 0 Å². The van der Waals surface area contributed by atoms with E-state index in [1.54, 1.807) is 11.8 Å². The number of fused-ring (bicyclic) bond motifs is 1. The molecule has 0 aliphatic carbocycles. The molecule has 4 heteroatoms. The minimum atomic E-state index is -0.0461. The maximum atomic E-state index is 12.7. The number of aryl methyl sites for hydroxylation is 1. The zero-order valence-electron chi connectivity index (χ0n) is 14.2. The van der Waals surface area contributed by atoms with Crippen LogP contribution in [0.3, 0.4) is 0 Å². The van der Waals surface area contributed by atoms with Crippen LogP contribution in [0.4, 0.5) is 0 Å². The first-order valence-electron chi connectivity index (χ1n) is 8.24. The zero-order valence-corrected chi connectivity index (χ0v) is 15.0. The molecule has 0 fully saturated rings. The summed E-state index contributed by atoms with van der Waals surface area (Å²) < 4.78 is 0. The third-order valence-electron chi connectivity index (χ3n) is 4.12. The Morgan fingerprint density at radius 2 is 1.88 bits per heavy atom. The van der Waals surface area contributed by atoms with Gasteiger partial charge in [-0.3, -0.25) is 4.79 Å². The third kappa shape index (κ3) is 3.49. The average molecular weight is 338 g/mol. The maximum Gasteiger partial charge on any atom is 0.269 e. The standard InChI is InChI=1S/C20H22N2OS/c1-4-14(3)21-20(23)18-19(16-7-5-6-8-17(16)22-18)24-15-11-9-13(2)10-12-15/h5-12,14,22H,4H2,1-3H3,(H,21,23)/t14-/m0/s1. The molecule has 1 heterocycles. The molecule has 0 saturated carbocycles. The Bertz CT molecular complexity index is 852. The highest BCUT2D eigenvalue weighted by Crippen LogP contribution is 2.36. The van der Waals surface area contributed by atoms with Crippen LogP contribution in [0.15, 0.2) is 58.3 Å². The number of hydrogen-bond acceptors (Lipinski definition) is 2. The van der Waals surface area contributed by atoms with Crippen LogP contribution in [0.25, 0.3) is 10.9 Å². The van der Waals surface area contributed by atoms with Gasteiger partial charge in [0, 0.05) is 21.8 Å². The molecule has 0 unspecified atom stereocenters. The number of hydrogen-bond donors (Lipinski definition) is 2. The fraction of sp³-hybridized carbons (Fsp3) is 0.250. The lowest BCUT2D eigenvalue weighted by atomic mass is 10.2. The normalized spacial score (nSPS) is 12.3. The fourth-order valence-electron chi connectivity index (χ4n) is 2.50. The van der Waals surface area contributed by atoms with E-state index in [1.165, 1.54) is 5.56 Å². The molecule has 124 valence electrons. The number of H-pyrrole nitrogens is 1. The molecule has 2 N–H and O–H groups in total. The van der Waals surface area contributed by atoms with Crippen molar-refractivity contribution in [2.75, 3.05) is 0 Å². The molecule has 24 heavy (non-hydrogen) atoms. The largest absolute Gasteiger partial charge is 0.350 e. The fourth-order valence-corrected chi connectivity index (χ4v) is 3.55. The smallest absolute Gasteiger partial charge is 0.269 e. The lowest BCUT2D eigenvalue weighted by molar-refractivity contribution is 0.0932. The quantitative estimate of drug-likeness (QED) is 0.675. The lowest BCUT2D eigenvalue weighted by Crippen LogP contribution is -2.32. The first-order chi connectivity index (χ1) is 11.6. The average Bonchev–Trinajstić information content (AvgIpc) is 2.95. The van der Waals surface area contributed by atoms with Gasteiger partial charge in [-0.25, -0.2) is 0 Å².